The second-order valence-electron chi connectivity index (χ2n) is 6.77. The van der Waals surface area contributed by atoms with Crippen molar-refractivity contribution in [2.24, 2.45) is 0 Å². The lowest BCUT2D eigenvalue weighted by Crippen LogP contribution is -2.59. The number of aliphatic hydroxyl groups excluding tert-OH is 2. The Morgan fingerprint density at radius 1 is 1.24 bits per heavy atom. The van der Waals surface area contributed by atoms with E-state index in [0.717, 1.165) is 0 Å². The Kier molecular flexibility index (Phi) is 5.09. The number of hydrogen-bond acceptors (Lipinski definition) is 8. The highest BCUT2D eigenvalue weighted by Crippen LogP contribution is 2.21. The van der Waals surface area contributed by atoms with Crippen molar-refractivity contribution >= 4 is 22.9 Å². The van der Waals surface area contributed by atoms with Gasteiger partial charge in [0, 0.05) is 5.56 Å². The highest BCUT2D eigenvalue weighted by molar-refractivity contribution is 5.94. The van der Waals surface area contributed by atoms with Gasteiger partial charge in [-0.05, 0) is 24.3 Å². The maximum Gasteiger partial charge on any atom is 0.251 e. The molecule has 5 N–H and O–H groups in total. The average molecular weight is 402 g/mol. The summed E-state index contributed by atoms with van der Waals surface area (Å²) >= 11 is 0. The third-order valence-corrected chi connectivity index (χ3v) is 4.87. The number of nitrogen functional groups attached to an aromatic ring is 1. The zero-order valence-electron chi connectivity index (χ0n) is 15.1. The number of benzene rings is 1. The number of carbonyl (C=O) groups is 1. The van der Waals surface area contributed by atoms with E-state index in [4.69, 9.17) is 10.5 Å². The summed E-state index contributed by atoms with van der Waals surface area (Å²) in [4.78, 5) is 24.4. The van der Waals surface area contributed by atoms with Crippen LogP contribution in [0, 0.1) is 5.82 Å². The van der Waals surface area contributed by atoms with Crippen LogP contribution in [0.25, 0.3) is 11.2 Å². The third-order valence-electron chi connectivity index (χ3n) is 4.87. The molecule has 0 aliphatic carbocycles. The predicted octanol–water partition coefficient (Wildman–Crippen LogP) is -0.533. The molecule has 4 rings (SSSR count). The summed E-state index contributed by atoms with van der Waals surface area (Å²) in [6.45, 7) is 0.138. The molecule has 1 saturated heterocycles. The molecule has 10 nitrogen and oxygen atoms in total. The number of amides is 1. The number of carbonyl (C=O) groups excluding carboxylic acids is 1. The van der Waals surface area contributed by atoms with Crippen molar-refractivity contribution in [1.82, 2.24) is 24.8 Å². The van der Waals surface area contributed by atoms with E-state index in [-0.39, 0.29) is 24.5 Å². The first-order valence-corrected chi connectivity index (χ1v) is 8.89. The zero-order valence-corrected chi connectivity index (χ0v) is 15.1. The Labute approximate surface area is 164 Å². The largest absolute Gasteiger partial charge is 0.388 e. The fourth-order valence-electron chi connectivity index (χ4n) is 3.29. The fourth-order valence-corrected chi connectivity index (χ4v) is 3.29. The van der Waals surface area contributed by atoms with Gasteiger partial charge in [0.1, 0.15) is 36.0 Å². The second-order valence-corrected chi connectivity index (χ2v) is 6.77. The standard InChI is InChI=1S/C18H19FN6O4/c19-10-3-1-9(2-4-10)18(28)24-11-6-29-12(15(27)14(11)26)5-25-8-23-17-13(25)16(20)21-7-22-17/h1-4,7-8,11-12,14-15,26-27H,5-6H2,(H,24,28)(H2,20,21,22)/t11-,12-,14+,15-/m1/s1. The molecule has 0 radical (unpaired) electrons. The van der Waals surface area contributed by atoms with Gasteiger partial charge in [-0.3, -0.25) is 4.79 Å². The number of hydrogen-bond donors (Lipinski definition) is 4. The van der Waals surface area contributed by atoms with Gasteiger partial charge in [-0.25, -0.2) is 19.3 Å². The van der Waals surface area contributed by atoms with Gasteiger partial charge < -0.3 is 30.6 Å². The van der Waals surface area contributed by atoms with Gasteiger partial charge in [0.2, 0.25) is 0 Å². The first-order chi connectivity index (χ1) is 13.9. The van der Waals surface area contributed by atoms with Crippen LogP contribution >= 0.6 is 0 Å². The van der Waals surface area contributed by atoms with E-state index in [1.165, 1.54) is 36.9 Å². The molecule has 2 aromatic heterocycles. The summed E-state index contributed by atoms with van der Waals surface area (Å²) in [5.41, 5.74) is 7.02. The summed E-state index contributed by atoms with van der Waals surface area (Å²) in [6.07, 6.45) is -0.493. The molecule has 4 atom stereocenters. The number of halogens is 1. The van der Waals surface area contributed by atoms with Crippen molar-refractivity contribution in [1.29, 1.82) is 0 Å². The lowest BCUT2D eigenvalue weighted by Gasteiger charge is -2.38. The normalized spacial score (nSPS) is 24.5. The van der Waals surface area contributed by atoms with Crippen LogP contribution in [0.1, 0.15) is 10.4 Å². The Bertz CT molecular complexity index is 1030. The highest BCUT2D eigenvalue weighted by atomic mass is 19.1. The van der Waals surface area contributed by atoms with E-state index in [1.807, 2.05) is 0 Å². The molecule has 1 amide bonds. The number of fused-ring (bicyclic) bond motifs is 1. The molecule has 3 aromatic rings. The highest BCUT2D eigenvalue weighted by Gasteiger charge is 2.39. The average Bonchev–Trinajstić information content (AvgIpc) is 3.12. The number of anilines is 1. The first-order valence-electron chi connectivity index (χ1n) is 8.89. The van der Waals surface area contributed by atoms with Crippen LogP contribution in [0.15, 0.2) is 36.9 Å². The van der Waals surface area contributed by atoms with Gasteiger partial charge in [0.05, 0.1) is 25.5 Å². The molecule has 0 saturated carbocycles. The van der Waals surface area contributed by atoms with Gasteiger partial charge in [-0.2, -0.15) is 0 Å². The molecule has 29 heavy (non-hydrogen) atoms. The van der Waals surface area contributed by atoms with Crippen molar-refractivity contribution in [3.05, 3.63) is 48.3 Å². The van der Waals surface area contributed by atoms with E-state index >= 15 is 0 Å². The van der Waals surface area contributed by atoms with Crippen molar-refractivity contribution in [2.45, 2.75) is 30.9 Å². The molecular weight excluding hydrogens is 383 g/mol. The van der Waals surface area contributed by atoms with E-state index in [9.17, 15) is 19.4 Å². The summed E-state index contributed by atoms with van der Waals surface area (Å²) in [7, 11) is 0. The van der Waals surface area contributed by atoms with Crippen molar-refractivity contribution in [2.75, 3.05) is 12.3 Å². The maximum atomic E-state index is 13.0. The summed E-state index contributed by atoms with van der Waals surface area (Å²) in [5, 5.41) is 23.6. The van der Waals surface area contributed by atoms with E-state index < -0.39 is 36.1 Å². The smallest absolute Gasteiger partial charge is 0.251 e. The Morgan fingerprint density at radius 3 is 2.76 bits per heavy atom. The first kappa shape index (κ1) is 19.2. The molecule has 3 heterocycles. The Hall–Kier alpha value is -3.15. The van der Waals surface area contributed by atoms with Crippen LogP contribution < -0.4 is 11.1 Å². The maximum absolute atomic E-state index is 13.0. The molecule has 0 spiro atoms. The van der Waals surface area contributed by atoms with Crippen molar-refractivity contribution < 1.29 is 24.1 Å². The van der Waals surface area contributed by atoms with Crippen LogP contribution in [-0.2, 0) is 11.3 Å². The molecule has 1 fully saturated rings. The zero-order chi connectivity index (χ0) is 20.5. The fraction of sp³-hybridized carbons (Fsp3) is 0.333. The number of nitrogens with one attached hydrogen (secondary N) is 1. The molecule has 1 aromatic carbocycles. The SMILES string of the molecule is Nc1ncnc2ncn(C[C@H]3OC[C@@H](NC(=O)c4ccc(F)cc4)[C@H](O)[C@@H]3O)c12. The summed E-state index contributed by atoms with van der Waals surface area (Å²) in [5.74, 6) is -0.726. The van der Waals surface area contributed by atoms with Gasteiger partial charge in [-0.15, -0.1) is 0 Å². The Balaban J connectivity index is 1.43. The second kappa shape index (κ2) is 7.70. The lowest BCUT2D eigenvalue weighted by molar-refractivity contribution is -0.152. The monoisotopic (exact) mass is 402 g/mol. The molecule has 0 bridgehead atoms. The minimum atomic E-state index is -1.27. The van der Waals surface area contributed by atoms with Crippen molar-refractivity contribution in [3.8, 4) is 0 Å². The summed E-state index contributed by atoms with van der Waals surface area (Å²) < 4.78 is 20.3. The number of aromatic nitrogens is 4. The topological polar surface area (TPSA) is 148 Å². The number of nitrogens with two attached hydrogens (primary N) is 1. The number of ether oxygens (including phenoxy) is 1. The van der Waals surface area contributed by atoms with Gasteiger partial charge in [0.15, 0.2) is 11.5 Å². The van der Waals surface area contributed by atoms with E-state index in [0.29, 0.717) is 11.2 Å². The molecule has 1 aliphatic rings. The molecule has 152 valence electrons. The minimum Gasteiger partial charge on any atom is -0.388 e. The van der Waals surface area contributed by atoms with Crippen LogP contribution in [-0.4, -0.2) is 66.6 Å². The Morgan fingerprint density at radius 2 is 2.00 bits per heavy atom. The van der Waals surface area contributed by atoms with Crippen LogP contribution in [0.5, 0.6) is 0 Å². The van der Waals surface area contributed by atoms with Gasteiger partial charge in [-0.1, -0.05) is 0 Å². The number of rotatable bonds is 4. The number of nitrogens with zero attached hydrogens (tertiary/aromatic N) is 4. The number of imidazole rings is 1. The van der Waals surface area contributed by atoms with Gasteiger partial charge >= 0.3 is 0 Å². The quantitative estimate of drug-likeness (QED) is 0.455. The van der Waals surface area contributed by atoms with Gasteiger partial charge in [0.25, 0.3) is 5.91 Å². The number of aliphatic hydroxyl groups is 2. The molecule has 0 unspecified atom stereocenters. The molecular formula is C18H19FN6O4. The predicted molar refractivity (Wildman–Crippen MR) is 99.1 cm³/mol. The van der Waals surface area contributed by atoms with Crippen molar-refractivity contribution in [3.63, 3.8) is 0 Å². The minimum absolute atomic E-state index is 0.0194. The lowest BCUT2D eigenvalue weighted by atomic mass is 9.97. The molecule has 11 heteroatoms. The third kappa shape index (κ3) is 3.75. The van der Waals surface area contributed by atoms with E-state index in [1.54, 1.807) is 4.57 Å². The van der Waals surface area contributed by atoms with E-state index in [2.05, 4.69) is 20.3 Å². The van der Waals surface area contributed by atoms with Crippen LogP contribution in [0.2, 0.25) is 0 Å². The summed E-state index contributed by atoms with van der Waals surface area (Å²) in [6, 6.07) is 4.16. The van der Waals surface area contributed by atoms with Crippen LogP contribution in [0.4, 0.5) is 10.2 Å². The van der Waals surface area contributed by atoms with Crippen LogP contribution in [0.3, 0.4) is 0 Å². The molecule has 1 aliphatic heterocycles.